The van der Waals surface area contributed by atoms with Gasteiger partial charge < -0.3 is 11.1 Å². The lowest BCUT2D eigenvalue weighted by molar-refractivity contribution is 0.748. The summed E-state index contributed by atoms with van der Waals surface area (Å²) >= 11 is 6.69. The molecule has 1 saturated heterocycles. The van der Waals surface area contributed by atoms with Gasteiger partial charge in [-0.15, -0.1) is 0 Å². The summed E-state index contributed by atoms with van der Waals surface area (Å²) in [5.41, 5.74) is 5.28. The summed E-state index contributed by atoms with van der Waals surface area (Å²) < 4.78 is 0. The van der Waals surface area contributed by atoms with Gasteiger partial charge in [-0.3, -0.25) is 0 Å². The van der Waals surface area contributed by atoms with E-state index in [0.717, 1.165) is 11.8 Å². The van der Waals surface area contributed by atoms with Crippen molar-refractivity contribution in [2.75, 3.05) is 12.3 Å². The van der Waals surface area contributed by atoms with E-state index in [4.69, 9.17) is 5.73 Å². The van der Waals surface area contributed by atoms with Crippen molar-refractivity contribution in [2.45, 2.75) is 18.1 Å². The summed E-state index contributed by atoms with van der Waals surface area (Å²) in [4.78, 5) is 0. The van der Waals surface area contributed by atoms with Crippen LogP contribution in [-0.2, 0) is 0 Å². The van der Waals surface area contributed by atoms with Crippen LogP contribution in [0.5, 0.6) is 0 Å². The molecular weight excluding hydrogens is 164 g/mol. The molecule has 10 heavy (non-hydrogen) atoms. The van der Waals surface area contributed by atoms with Crippen molar-refractivity contribution >= 4 is 29.1 Å². The van der Waals surface area contributed by atoms with E-state index in [1.807, 2.05) is 11.8 Å². The Bertz CT molecular complexity index is 121. The van der Waals surface area contributed by atoms with Crippen molar-refractivity contribution < 1.29 is 0 Å². The lowest BCUT2D eigenvalue weighted by Crippen LogP contribution is -2.33. The molecule has 1 aliphatic rings. The lowest BCUT2D eigenvalue weighted by atomic mass is 10.2. The van der Waals surface area contributed by atoms with E-state index in [-0.39, 0.29) is 0 Å². The van der Waals surface area contributed by atoms with Gasteiger partial charge in [-0.1, -0.05) is 0 Å². The molecule has 0 unspecified atom stereocenters. The number of thioether (sulfide) groups is 1. The average Bonchev–Trinajstić information content (AvgIpc) is 2.34. The molecule has 1 atom stereocenters. The molecule has 0 aliphatic carbocycles. The van der Waals surface area contributed by atoms with E-state index >= 15 is 0 Å². The largest absolute Gasteiger partial charge is 0.376 e. The molecule has 1 aliphatic heterocycles. The summed E-state index contributed by atoms with van der Waals surface area (Å²) in [6.07, 6.45) is 2.65. The fourth-order valence-electron chi connectivity index (χ4n) is 1.02. The predicted octanol–water partition coefficient (Wildman–Crippen LogP) is 0.715. The summed E-state index contributed by atoms with van der Waals surface area (Å²) in [7, 11) is 0. The van der Waals surface area contributed by atoms with Gasteiger partial charge in [-0.25, -0.2) is 0 Å². The minimum absolute atomic E-state index is 0.424. The molecule has 58 valence electrons. The zero-order valence-electron chi connectivity index (χ0n) is 5.80. The summed E-state index contributed by atoms with van der Waals surface area (Å²) in [6, 6.07) is 0. The van der Waals surface area contributed by atoms with Crippen LogP contribution >= 0.6 is 24.0 Å². The van der Waals surface area contributed by atoms with E-state index < -0.39 is 0 Å². The van der Waals surface area contributed by atoms with Crippen LogP contribution in [-0.4, -0.2) is 22.7 Å². The number of nitrogens with two attached hydrogens (primary N) is 1. The van der Waals surface area contributed by atoms with E-state index in [2.05, 4.69) is 17.5 Å². The first-order chi connectivity index (χ1) is 4.79. The molecule has 0 bridgehead atoms. The van der Waals surface area contributed by atoms with E-state index in [0.29, 0.717) is 5.11 Å². The molecule has 3 N–H and O–H groups in total. The van der Waals surface area contributed by atoms with Crippen molar-refractivity contribution in [1.82, 2.24) is 5.32 Å². The maximum absolute atomic E-state index is 5.28. The van der Waals surface area contributed by atoms with Crippen LogP contribution in [0.3, 0.4) is 0 Å². The molecular formula is C6H12N2S2. The van der Waals surface area contributed by atoms with Gasteiger partial charge in [0.1, 0.15) is 0 Å². The molecule has 4 heteroatoms. The van der Waals surface area contributed by atoms with Crippen LogP contribution in [0.2, 0.25) is 0 Å². The average molecular weight is 176 g/mol. The molecule has 0 saturated carbocycles. The van der Waals surface area contributed by atoms with Gasteiger partial charge in [-0.05, 0) is 30.8 Å². The monoisotopic (exact) mass is 176 g/mol. The Labute approximate surface area is 70.9 Å². The molecule has 1 rings (SSSR count). The number of rotatable bonds is 2. The number of thiocarbonyl (C=S) groups is 1. The van der Waals surface area contributed by atoms with Crippen LogP contribution in [0, 0.1) is 0 Å². The van der Waals surface area contributed by atoms with Gasteiger partial charge in [-0.2, -0.15) is 11.8 Å². The fraction of sp³-hybridized carbons (Fsp3) is 0.833. The molecule has 0 spiro atoms. The summed E-state index contributed by atoms with van der Waals surface area (Å²) in [5, 5.41) is 4.14. The van der Waals surface area contributed by atoms with E-state index in [1.54, 1.807) is 0 Å². The number of nitrogens with one attached hydrogen (secondary N) is 1. The van der Waals surface area contributed by atoms with Crippen molar-refractivity contribution in [3.05, 3.63) is 0 Å². The van der Waals surface area contributed by atoms with Crippen molar-refractivity contribution in [3.8, 4) is 0 Å². The van der Waals surface area contributed by atoms with E-state index in [1.165, 1.54) is 18.6 Å². The zero-order chi connectivity index (χ0) is 7.40. The van der Waals surface area contributed by atoms with Crippen molar-refractivity contribution in [1.29, 1.82) is 0 Å². The SMILES string of the molecule is NC(=S)NC[C@@H]1CCCS1. The topological polar surface area (TPSA) is 38.0 Å². The van der Waals surface area contributed by atoms with Gasteiger partial charge in [0.15, 0.2) is 5.11 Å². The fourth-order valence-corrected chi connectivity index (χ4v) is 2.30. The van der Waals surface area contributed by atoms with Gasteiger partial charge in [0.05, 0.1) is 0 Å². The molecule has 2 nitrogen and oxygen atoms in total. The predicted molar refractivity (Wildman–Crippen MR) is 50.3 cm³/mol. The number of hydrogen-bond donors (Lipinski definition) is 2. The molecule has 0 aromatic carbocycles. The Kier molecular flexibility index (Phi) is 3.28. The molecule has 1 heterocycles. The number of hydrogen-bond acceptors (Lipinski definition) is 2. The van der Waals surface area contributed by atoms with Crippen LogP contribution in [0.4, 0.5) is 0 Å². The Hall–Kier alpha value is 0.0400. The van der Waals surface area contributed by atoms with Crippen LogP contribution in [0.25, 0.3) is 0 Å². The standard InChI is InChI=1S/C6H12N2S2/c7-6(9)8-4-5-2-1-3-10-5/h5H,1-4H2,(H3,7,8,9)/t5-/m0/s1. The zero-order valence-corrected chi connectivity index (χ0v) is 7.43. The van der Waals surface area contributed by atoms with Gasteiger partial charge in [0.2, 0.25) is 0 Å². The Morgan fingerprint density at radius 1 is 1.80 bits per heavy atom. The third-order valence-electron chi connectivity index (χ3n) is 1.53. The van der Waals surface area contributed by atoms with Crippen molar-refractivity contribution in [2.24, 2.45) is 5.73 Å². The second kappa shape index (κ2) is 4.03. The van der Waals surface area contributed by atoms with Gasteiger partial charge >= 0.3 is 0 Å². The third kappa shape index (κ3) is 2.75. The van der Waals surface area contributed by atoms with Crippen molar-refractivity contribution in [3.63, 3.8) is 0 Å². The molecule has 0 amide bonds. The molecule has 0 aromatic rings. The highest BCUT2D eigenvalue weighted by molar-refractivity contribution is 8.00. The highest BCUT2D eigenvalue weighted by Crippen LogP contribution is 2.24. The minimum Gasteiger partial charge on any atom is -0.376 e. The normalized spacial score (nSPS) is 24.6. The van der Waals surface area contributed by atoms with Crippen LogP contribution < -0.4 is 11.1 Å². The van der Waals surface area contributed by atoms with E-state index in [9.17, 15) is 0 Å². The molecule has 1 fully saturated rings. The smallest absolute Gasteiger partial charge is 0.163 e. The van der Waals surface area contributed by atoms with Gasteiger partial charge in [0.25, 0.3) is 0 Å². The minimum atomic E-state index is 0.424. The maximum Gasteiger partial charge on any atom is 0.163 e. The maximum atomic E-state index is 5.28. The Balaban J connectivity index is 2.07. The Morgan fingerprint density at radius 3 is 3.10 bits per heavy atom. The first kappa shape index (κ1) is 8.14. The highest BCUT2D eigenvalue weighted by Gasteiger charge is 2.14. The lowest BCUT2D eigenvalue weighted by Gasteiger charge is -2.08. The third-order valence-corrected chi connectivity index (χ3v) is 3.07. The van der Waals surface area contributed by atoms with Gasteiger partial charge in [0, 0.05) is 11.8 Å². The summed E-state index contributed by atoms with van der Waals surface area (Å²) in [6.45, 7) is 0.944. The quantitative estimate of drug-likeness (QED) is 0.608. The first-order valence-electron chi connectivity index (χ1n) is 3.44. The van der Waals surface area contributed by atoms with Crippen LogP contribution in [0.1, 0.15) is 12.8 Å². The second-order valence-electron chi connectivity index (χ2n) is 2.38. The molecule has 0 aromatic heterocycles. The van der Waals surface area contributed by atoms with Crippen LogP contribution in [0.15, 0.2) is 0 Å². The summed E-state index contributed by atoms with van der Waals surface area (Å²) in [5.74, 6) is 1.30. The first-order valence-corrected chi connectivity index (χ1v) is 4.89. The highest BCUT2D eigenvalue weighted by atomic mass is 32.2. The second-order valence-corrected chi connectivity index (χ2v) is 4.23. The molecule has 0 radical (unpaired) electrons. The Morgan fingerprint density at radius 2 is 2.60 bits per heavy atom.